The van der Waals surface area contributed by atoms with Gasteiger partial charge in [0, 0.05) is 24.1 Å². The molecule has 1 fully saturated rings. The Bertz CT molecular complexity index is 386. The van der Waals surface area contributed by atoms with Crippen molar-refractivity contribution in [3.8, 4) is 0 Å². The number of hydrogen-bond donors (Lipinski definition) is 2. The van der Waals surface area contributed by atoms with Crippen LogP contribution < -0.4 is 5.32 Å². The first-order valence-corrected chi connectivity index (χ1v) is 6.18. The first-order chi connectivity index (χ1) is 8.22. The lowest BCUT2D eigenvalue weighted by atomic mass is 9.85. The third kappa shape index (κ3) is 2.69. The van der Waals surface area contributed by atoms with Crippen molar-refractivity contribution in [3.05, 3.63) is 23.7 Å². The number of aliphatic hydroxyl groups is 1. The molecule has 94 valence electrons. The molecule has 0 radical (unpaired) electrons. The van der Waals surface area contributed by atoms with Crippen LogP contribution in [0.1, 0.15) is 41.8 Å². The van der Waals surface area contributed by atoms with E-state index in [4.69, 9.17) is 4.42 Å². The van der Waals surface area contributed by atoms with Gasteiger partial charge >= 0.3 is 0 Å². The molecule has 0 spiro atoms. The normalized spacial score (nSPS) is 24.6. The molecule has 0 aromatic carbocycles. The van der Waals surface area contributed by atoms with Crippen molar-refractivity contribution in [1.82, 2.24) is 5.32 Å². The molecule has 1 aliphatic carbocycles. The quantitative estimate of drug-likeness (QED) is 0.843. The first kappa shape index (κ1) is 12.2. The number of carbonyl (C=O) groups excluding carboxylic acids is 1. The Morgan fingerprint density at radius 1 is 1.53 bits per heavy atom. The van der Waals surface area contributed by atoms with E-state index in [0.29, 0.717) is 5.76 Å². The van der Waals surface area contributed by atoms with E-state index >= 15 is 0 Å². The highest BCUT2D eigenvalue weighted by Gasteiger charge is 2.27. The van der Waals surface area contributed by atoms with Crippen molar-refractivity contribution < 1.29 is 14.3 Å². The van der Waals surface area contributed by atoms with Gasteiger partial charge in [-0.3, -0.25) is 4.79 Å². The standard InChI is InChI=1S/C13H19NO3/c1-9-6-7-17-12(9)13(16)14-11-5-3-2-4-10(11)8-15/h6-7,10-11,15H,2-5,8H2,1H3,(H,14,16). The summed E-state index contributed by atoms with van der Waals surface area (Å²) in [6.45, 7) is 1.99. The highest BCUT2D eigenvalue weighted by Crippen LogP contribution is 2.24. The summed E-state index contributed by atoms with van der Waals surface area (Å²) in [5, 5.41) is 12.3. The summed E-state index contributed by atoms with van der Waals surface area (Å²) in [7, 11) is 0. The van der Waals surface area contributed by atoms with Crippen LogP contribution in [0, 0.1) is 12.8 Å². The van der Waals surface area contributed by atoms with Gasteiger partial charge in [-0.1, -0.05) is 12.8 Å². The third-order valence-electron chi connectivity index (χ3n) is 3.53. The topological polar surface area (TPSA) is 62.5 Å². The average molecular weight is 237 g/mol. The molecule has 4 heteroatoms. The van der Waals surface area contributed by atoms with E-state index in [1.54, 1.807) is 6.07 Å². The van der Waals surface area contributed by atoms with Crippen LogP contribution in [0.25, 0.3) is 0 Å². The van der Waals surface area contributed by atoms with Crippen LogP contribution in [-0.2, 0) is 0 Å². The zero-order chi connectivity index (χ0) is 12.3. The number of aryl methyl sites for hydroxylation is 1. The summed E-state index contributed by atoms with van der Waals surface area (Å²) >= 11 is 0. The fourth-order valence-electron chi connectivity index (χ4n) is 2.46. The summed E-state index contributed by atoms with van der Waals surface area (Å²) in [5.74, 6) is 0.396. The van der Waals surface area contributed by atoms with Gasteiger partial charge in [0.2, 0.25) is 0 Å². The Labute approximate surface area is 101 Å². The van der Waals surface area contributed by atoms with Crippen molar-refractivity contribution in [2.75, 3.05) is 6.61 Å². The van der Waals surface area contributed by atoms with Crippen molar-refractivity contribution in [2.24, 2.45) is 5.92 Å². The summed E-state index contributed by atoms with van der Waals surface area (Å²) in [4.78, 5) is 12.0. The van der Waals surface area contributed by atoms with E-state index in [0.717, 1.165) is 31.2 Å². The van der Waals surface area contributed by atoms with E-state index in [9.17, 15) is 9.90 Å². The maximum absolute atomic E-state index is 12.0. The van der Waals surface area contributed by atoms with Gasteiger partial charge in [-0.15, -0.1) is 0 Å². The van der Waals surface area contributed by atoms with Crippen molar-refractivity contribution >= 4 is 5.91 Å². The number of rotatable bonds is 3. The molecule has 1 heterocycles. The van der Waals surface area contributed by atoms with Gasteiger partial charge in [0.05, 0.1) is 6.26 Å². The van der Waals surface area contributed by atoms with Crippen LogP contribution in [0.15, 0.2) is 16.7 Å². The Kier molecular flexibility index (Phi) is 3.84. The molecule has 1 amide bonds. The van der Waals surface area contributed by atoms with Crippen molar-refractivity contribution in [3.63, 3.8) is 0 Å². The van der Waals surface area contributed by atoms with Crippen LogP contribution >= 0.6 is 0 Å². The molecule has 1 aromatic rings. The number of carbonyl (C=O) groups is 1. The molecule has 1 saturated carbocycles. The van der Waals surface area contributed by atoms with Gasteiger partial charge in [-0.05, 0) is 25.8 Å². The second-order valence-corrected chi connectivity index (χ2v) is 4.74. The number of nitrogens with one attached hydrogen (secondary N) is 1. The smallest absolute Gasteiger partial charge is 0.287 e. The Morgan fingerprint density at radius 2 is 2.29 bits per heavy atom. The lowest BCUT2D eigenvalue weighted by Crippen LogP contribution is -2.43. The average Bonchev–Trinajstić information content (AvgIpc) is 2.76. The van der Waals surface area contributed by atoms with E-state index in [1.165, 1.54) is 6.26 Å². The van der Waals surface area contributed by atoms with Crippen LogP contribution in [0.4, 0.5) is 0 Å². The summed E-state index contributed by atoms with van der Waals surface area (Å²) in [6.07, 6.45) is 5.69. The monoisotopic (exact) mass is 237 g/mol. The number of furan rings is 1. The summed E-state index contributed by atoms with van der Waals surface area (Å²) < 4.78 is 5.16. The largest absolute Gasteiger partial charge is 0.459 e. The minimum atomic E-state index is -0.169. The molecule has 0 saturated heterocycles. The Morgan fingerprint density at radius 3 is 2.94 bits per heavy atom. The van der Waals surface area contributed by atoms with E-state index in [-0.39, 0.29) is 24.5 Å². The van der Waals surface area contributed by atoms with Gasteiger partial charge < -0.3 is 14.8 Å². The minimum Gasteiger partial charge on any atom is -0.459 e. The summed E-state index contributed by atoms with van der Waals surface area (Å²) in [5.41, 5.74) is 0.846. The van der Waals surface area contributed by atoms with Crippen LogP contribution in [0.3, 0.4) is 0 Å². The molecule has 2 unspecified atom stereocenters. The lowest BCUT2D eigenvalue weighted by Gasteiger charge is -2.30. The molecule has 2 atom stereocenters. The fraction of sp³-hybridized carbons (Fsp3) is 0.615. The summed E-state index contributed by atoms with van der Waals surface area (Å²) in [6, 6.07) is 1.85. The van der Waals surface area contributed by atoms with Crippen LogP contribution in [-0.4, -0.2) is 23.7 Å². The van der Waals surface area contributed by atoms with Gasteiger partial charge in [0.1, 0.15) is 0 Å². The molecule has 17 heavy (non-hydrogen) atoms. The van der Waals surface area contributed by atoms with E-state index in [1.807, 2.05) is 6.92 Å². The first-order valence-electron chi connectivity index (χ1n) is 6.18. The molecule has 2 rings (SSSR count). The second kappa shape index (κ2) is 5.36. The number of hydrogen-bond acceptors (Lipinski definition) is 3. The molecule has 2 N–H and O–H groups in total. The molecule has 1 aliphatic rings. The predicted molar refractivity (Wildman–Crippen MR) is 63.7 cm³/mol. The maximum Gasteiger partial charge on any atom is 0.287 e. The lowest BCUT2D eigenvalue weighted by molar-refractivity contribution is 0.0844. The van der Waals surface area contributed by atoms with Crippen LogP contribution in [0.2, 0.25) is 0 Å². The van der Waals surface area contributed by atoms with Crippen molar-refractivity contribution in [2.45, 2.75) is 38.6 Å². The number of amides is 1. The van der Waals surface area contributed by atoms with Crippen LogP contribution in [0.5, 0.6) is 0 Å². The van der Waals surface area contributed by atoms with E-state index in [2.05, 4.69) is 5.32 Å². The molecule has 4 nitrogen and oxygen atoms in total. The molecule has 0 bridgehead atoms. The zero-order valence-electron chi connectivity index (χ0n) is 10.1. The Balaban J connectivity index is 2.00. The highest BCUT2D eigenvalue weighted by molar-refractivity contribution is 5.93. The maximum atomic E-state index is 12.0. The minimum absolute atomic E-state index is 0.0748. The van der Waals surface area contributed by atoms with Gasteiger partial charge in [-0.25, -0.2) is 0 Å². The molecular formula is C13H19NO3. The predicted octanol–water partition coefficient (Wildman–Crippen LogP) is 1.87. The highest BCUT2D eigenvalue weighted by atomic mass is 16.3. The van der Waals surface area contributed by atoms with Gasteiger partial charge in [0.15, 0.2) is 5.76 Å². The van der Waals surface area contributed by atoms with E-state index < -0.39 is 0 Å². The second-order valence-electron chi connectivity index (χ2n) is 4.74. The van der Waals surface area contributed by atoms with Gasteiger partial charge in [0.25, 0.3) is 5.91 Å². The fourth-order valence-corrected chi connectivity index (χ4v) is 2.46. The third-order valence-corrected chi connectivity index (χ3v) is 3.53. The molecule has 1 aromatic heterocycles. The SMILES string of the molecule is Cc1ccoc1C(=O)NC1CCCCC1CO. The number of aliphatic hydroxyl groups excluding tert-OH is 1. The zero-order valence-corrected chi connectivity index (χ0v) is 10.1. The molecule has 0 aliphatic heterocycles. The molecular weight excluding hydrogens is 218 g/mol. The van der Waals surface area contributed by atoms with Gasteiger partial charge in [-0.2, -0.15) is 0 Å². The Hall–Kier alpha value is -1.29. The van der Waals surface area contributed by atoms with Crippen molar-refractivity contribution in [1.29, 1.82) is 0 Å².